The molecule has 0 aromatic heterocycles. The number of benzene rings is 3. The van der Waals surface area contributed by atoms with E-state index in [1.54, 1.807) is 0 Å². The van der Waals surface area contributed by atoms with Crippen LogP contribution in [0, 0.1) is 11.6 Å². The Bertz CT molecular complexity index is 1420. The van der Waals surface area contributed by atoms with Gasteiger partial charge < -0.3 is 43.2 Å². The number of ether oxygens (including phenoxy) is 8. The topological polar surface area (TPSA) is 90.5 Å². The van der Waals surface area contributed by atoms with Crippen LogP contribution in [0.15, 0.2) is 60.7 Å². The van der Waals surface area contributed by atoms with Crippen LogP contribution in [0.25, 0.3) is 0 Å². The van der Waals surface area contributed by atoms with Crippen molar-refractivity contribution < 1.29 is 77.2 Å². The standard InChI is InChI=1S/C32H39F2NO8.F6P/c33-27-19-26(20-28(34)22-27)24-35-23-25-5-6-31-32(21-25)43-18-14-39-10-9-37-12-16-41-30-4-2-1-3-29(30)40-15-11-36-7-8-38-13-17-42-31;1-7(2,3,4,5)6/h1-6,19-22,35H,7-18,23-24H2;/q;-1/p+1. The molecule has 0 radical (unpaired) electrons. The molecule has 0 bridgehead atoms. The average Bonchev–Trinajstić information content (AvgIpc) is 3.02. The van der Waals surface area contributed by atoms with E-state index < -0.39 is 19.4 Å². The Labute approximate surface area is 283 Å². The van der Waals surface area contributed by atoms with Gasteiger partial charge in [0.25, 0.3) is 0 Å². The van der Waals surface area contributed by atoms with Gasteiger partial charge in [-0.25, -0.2) is 8.78 Å². The Morgan fingerprint density at radius 2 is 0.800 bits per heavy atom. The molecule has 4 rings (SSSR count). The normalized spacial score (nSPS) is 17.5. The van der Waals surface area contributed by atoms with Crippen LogP contribution in [-0.2, 0) is 32.0 Å². The molecule has 0 atom stereocenters. The minimum Gasteiger partial charge on any atom is -0.487 e. The van der Waals surface area contributed by atoms with E-state index in [9.17, 15) is 34.0 Å². The van der Waals surface area contributed by atoms with Gasteiger partial charge in [-0.05, 0) is 42.5 Å². The van der Waals surface area contributed by atoms with E-state index in [0.29, 0.717) is 121 Å². The molecule has 0 fully saturated rings. The number of hydrogen-bond donors (Lipinski definition) is 1. The second kappa shape index (κ2) is 19.2. The number of para-hydroxylation sites is 2. The van der Waals surface area contributed by atoms with Crippen molar-refractivity contribution in [1.82, 2.24) is 0 Å². The fourth-order valence-corrected chi connectivity index (χ4v) is 4.22. The van der Waals surface area contributed by atoms with Gasteiger partial charge in [-0.1, -0.05) is 12.1 Å². The monoisotopic (exact) mass is 749 g/mol. The first-order chi connectivity index (χ1) is 23.6. The maximum Gasteiger partial charge on any atom is 0.161 e. The number of fused-ring (bicyclic) bond motifs is 2. The van der Waals surface area contributed by atoms with Gasteiger partial charge in [0.15, 0.2) is 23.0 Å². The third kappa shape index (κ3) is 20.3. The van der Waals surface area contributed by atoms with Gasteiger partial charge in [0.1, 0.15) is 51.2 Å². The molecule has 0 aliphatic carbocycles. The van der Waals surface area contributed by atoms with Crippen molar-refractivity contribution in [3.63, 3.8) is 0 Å². The van der Waals surface area contributed by atoms with Gasteiger partial charge in [-0.3, -0.25) is 0 Å². The fourth-order valence-electron chi connectivity index (χ4n) is 4.22. The van der Waals surface area contributed by atoms with Crippen molar-refractivity contribution >= 4 is 7.81 Å². The van der Waals surface area contributed by atoms with Crippen LogP contribution in [0.5, 0.6) is 23.0 Å². The van der Waals surface area contributed by atoms with Gasteiger partial charge in [0.2, 0.25) is 0 Å². The Kier molecular flexibility index (Phi) is 15.7. The Morgan fingerprint density at radius 3 is 1.24 bits per heavy atom. The summed E-state index contributed by atoms with van der Waals surface area (Å²) in [5.41, 5.74) is 1.55. The molecule has 0 unspecified atom stereocenters. The van der Waals surface area contributed by atoms with E-state index in [0.717, 1.165) is 11.6 Å². The Hall–Kier alpha value is -3.47. The van der Waals surface area contributed by atoms with Crippen molar-refractivity contribution in [2.24, 2.45) is 0 Å². The minimum atomic E-state index is -10.7. The molecule has 0 spiro atoms. The van der Waals surface area contributed by atoms with Crippen LogP contribution in [0.2, 0.25) is 0 Å². The Balaban J connectivity index is 0.000000872. The molecule has 0 saturated carbocycles. The summed E-state index contributed by atoms with van der Waals surface area (Å²) in [5, 5.41) is 1.96. The third-order valence-corrected chi connectivity index (χ3v) is 6.22. The largest absolute Gasteiger partial charge is 0.487 e. The minimum absolute atomic E-state index is 0.319. The summed E-state index contributed by atoms with van der Waals surface area (Å²) in [6, 6.07) is 16.7. The molecule has 3 aromatic carbocycles. The molecule has 1 aliphatic rings. The summed E-state index contributed by atoms with van der Waals surface area (Å²) in [4.78, 5) is 0. The van der Waals surface area contributed by atoms with Crippen LogP contribution >= 0.6 is 7.81 Å². The van der Waals surface area contributed by atoms with Crippen LogP contribution < -0.4 is 24.3 Å². The molecule has 282 valence electrons. The summed E-state index contributed by atoms with van der Waals surface area (Å²) in [7, 11) is -10.7. The van der Waals surface area contributed by atoms with Crippen molar-refractivity contribution in [2.45, 2.75) is 13.1 Å². The summed E-state index contributed by atoms with van der Waals surface area (Å²) >= 11 is 0. The second-order valence-electron chi connectivity index (χ2n) is 10.5. The van der Waals surface area contributed by atoms with Crippen molar-refractivity contribution in [3.05, 3.63) is 83.4 Å². The molecule has 0 saturated heterocycles. The average molecular weight is 750 g/mol. The number of hydrogen-bond acceptors (Lipinski definition) is 8. The van der Waals surface area contributed by atoms with Crippen LogP contribution in [-0.4, -0.2) is 79.3 Å². The van der Waals surface area contributed by atoms with E-state index in [1.807, 2.05) is 47.8 Å². The fraction of sp³-hybridized carbons (Fsp3) is 0.438. The van der Waals surface area contributed by atoms with Gasteiger partial charge in [0, 0.05) is 17.2 Å². The predicted octanol–water partition coefficient (Wildman–Crippen LogP) is 6.91. The zero-order valence-corrected chi connectivity index (χ0v) is 27.9. The van der Waals surface area contributed by atoms with Crippen molar-refractivity contribution in [1.29, 1.82) is 0 Å². The second-order valence-corrected chi connectivity index (χ2v) is 12.4. The number of nitrogens with two attached hydrogens (primary N) is 1. The quantitative estimate of drug-likeness (QED) is 0.228. The van der Waals surface area contributed by atoms with Crippen LogP contribution in [0.1, 0.15) is 11.1 Å². The van der Waals surface area contributed by atoms with Gasteiger partial charge in [-0.15, -0.1) is 0 Å². The first kappa shape index (κ1) is 41.0. The molecule has 9 nitrogen and oxygen atoms in total. The summed E-state index contributed by atoms with van der Waals surface area (Å²) in [6.45, 7) is 5.73. The SMILES string of the molecule is F[P-](F)(F)(F)(F)F.Fc1cc(F)cc(C[NH2+]Cc2ccc3c(c2)OCCOCCOCCOc2ccccc2OCCOCCOCCO3)c1. The van der Waals surface area contributed by atoms with Crippen LogP contribution in [0.3, 0.4) is 0 Å². The molecule has 1 aliphatic heterocycles. The maximum atomic E-state index is 13.5. The number of halogens is 8. The van der Waals surface area contributed by atoms with Gasteiger partial charge >= 0.3 is 33.0 Å². The molecule has 0 amide bonds. The first-order valence-electron chi connectivity index (χ1n) is 15.5. The van der Waals surface area contributed by atoms with E-state index in [-0.39, 0.29) is 0 Å². The van der Waals surface area contributed by atoms with Gasteiger partial charge in [0.05, 0.1) is 52.9 Å². The molecule has 3 aromatic rings. The zero-order chi connectivity index (χ0) is 36.4. The van der Waals surface area contributed by atoms with Crippen molar-refractivity contribution in [3.8, 4) is 23.0 Å². The molecular weight excluding hydrogens is 709 g/mol. The molecule has 1 heterocycles. The molecular formula is C32H40F8NO8P. The summed E-state index contributed by atoms with van der Waals surface area (Å²) < 4.78 is 132. The number of quaternary nitrogens is 1. The first-order valence-corrected chi connectivity index (χ1v) is 17.5. The predicted molar refractivity (Wildman–Crippen MR) is 167 cm³/mol. The molecule has 2 N–H and O–H groups in total. The summed E-state index contributed by atoms with van der Waals surface area (Å²) in [6.07, 6.45) is 0. The van der Waals surface area contributed by atoms with E-state index in [1.165, 1.54) is 12.1 Å². The third-order valence-electron chi connectivity index (χ3n) is 6.22. The molecule has 18 heteroatoms. The number of rotatable bonds is 4. The van der Waals surface area contributed by atoms with E-state index in [2.05, 4.69) is 0 Å². The zero-order valence-electron chi connectivity index (χ0n) is 27.0. The van der Waals surface area contributed by atoms with Crippen LogP contribution in [0.4, 0.5) is 34.0 Å². The van der Waals surface area contributed by atoms with E-state index >= 15 is 0 Å². The Morgan fingerprint density at radius 1 is 0.440 bits per heavy atom. The summed E-state index contributed by atoms with van der Waals surface area (Å²) in [5.74, 6) is 1.31. The molecule has 50 heavy (non-hydrogen) atoms. The van der Waals surface area contributed by atoms with Crippen molar-refractivity contribution in [2.75, 3.05) is 79.3 Å². The van der Waals surface area contributed by atoms with Gasteiger partial charge in [-0.2, -0.15) is 0 Å². The smallest absolute Gasteiger partial charge is 0.161 e. The maximum absolute atomic E-state index is 13.5. The van der Waals surface area contributed by atoms with E-state index in [4.69, 9.17) is 37.9 Å².